The molecule has 1 heterocycles. The lowest BCUT2D eigenvalue weighted by atomic mass is 10.3. The van der Waals surface area contributed by atoms with E-state index in [9.17, 15) is 0 Å². The van der Waals surface area contributed by atoms with Crippen molar-refractivity contribution in [1.29, 1.82) is 0 Å². The summed E-state index contributed by atoms with van der Waals surface area (Å²) in [7, 11) is 0. The van der Waals surface area contributed by atoms with Crippen LogP contribution in [0.3, 0.4) is 0 Å². The molecule has 1 rings (SSSR count). The highest BCUT2D eigenvalue weighted by Gasteiger charge is 2.03. The van der Waals surface area contributed by atoms with Gasteiger partial charge in [0, 0.05) is 0 Å². The predicted molar refractivity (Wildman–Crippen MR) is 40.1 cm³/mol. The number of aryl methyl sites for hydroxylation is 1. The van der Waals surface area contributed by atoms with Crippen LogP contribution in [0.1, 0.15) is 11.3 Å². The summed E-state index contributed by atoms with van der Waals surface area (Å²) in [4.78, 5) is 4.41. The molecule has 0 saturated heterocycles. The van der Waals surface area contributed by atoms with Crippen LogP contribution in [0.15, 0.2) is 15.2 Å². The molecular weight excluding hydrogens is 198 g/mol. The summed E-state index contributed by atoms with van der Waals surface area (Å²) in [5.41, 5.74) is 1.04. The Kier molecular flexibility index (Phi) is 2.48. The van der Waals surface area contributed by atoms with Crippen molar-refractivity contribution in [2.45, 2.75) is 13.5 Å². The normalized spacial score (nSPS) is 10.3. The fourth-order valence-electron chi connectivity index (χ4n) is 0.697. The summed E-state index contributed by atoms with van der Waals surface area (Å²) >= 11 is 3.19. The maximum Gasteiger partial charge on any atom is 0.169 e. The second-order valence-electron chi connectivity index (χ2n) is 1.97. The van der Waals surface area contributed by atoms with Crippen LogP contribution in [0.4, 0.5) is 0 Å². The van der Waals surface area contributed by atoms with Crippen LogP contribution in [-0.2, 0) is 11.4 Å². The van der Waals surface area contributed by atoms with Crippen LogP contribution in [0.5, 0.6) is 0 Å². The molecule has 0 amide bonds. The standard InChI is InChI=1S/C6H8BrNO2/c1-4-2-6(7)10-5(4)3-9-8/h2H,3,8H2,1H3. The molecule has 0 radical (unpaired) electrons. The first-order valence-corrected chi connectivity index (χ1v) is 3.60. The molecule has 0 saturated carbocycles. The Labute approximate surface area is 67.2 Å². The molecule has 0 atom stereocenters. The highest BCUT2D eigenvalue weighted by Crippen LogP contribution is 2.19. The summed E-state index contributed by atoms with van der Waals surface area (Å²) in [5.74, 6) is 5.62. The summed E-state index contributed by atoms with van der Waals surface area (Å²) in [6, 6.07) is 1.87. The zero-order valence-electron chi connectivity index (χ0n) is 5.56. The minimum atomic E-state index is 0.317. The lowest BCUT2D eigenvalue weighted by Crippen LogP contribution is -1.98. The van der Waals surface area contributed by atoms with Gasteiger partial charge in [0.1, 0.15) is 12.4 Å². The van der Waals surface area contributed by atoms with E-state index >= 15 is 0 Å². The van der Waals surface area contributed by atoms with Crippen LogP contribution >= 0.6 is 15.9 Å². The van der Waals surface area contributed by atoms with Gasteiger partial charge in [-0.25, -0.2) is 5.90 Å². The van der Waals surface area contributed by atoms with Crippen LogP contribution in [0.25, 0.3) is 0 Å². The maximum absolute atomic E-state index is 5.17. The molecule has 10 heavy (non-hydrogen) atoms. The van der Waals surface area contributed by atoms with Crippen molar-refractivity contribution in [3.05, 3.63) is 22.1 Å². The lowest BCUT2D eigenvalue weighted by Gasteiger charge is -1.92. The van der Waals surface area contributed by atoms with E-state index in [2.05, 4.69) is 20.8 Å². The number of furan rings is 1. The molecule has 1 aromatic rings. The molecule has 56 valence electrons. The van der Waals surface area contributed by atoms with Crippen molar-refractivity contribution < 1.29 is 9.25 Å². The van der Waals surface area contributed by atoms with Crippen molar-refractivity contribution in [3.63, 3.8) is 0 Å². The van der Waals surface area contributed by atoms with E-state index in [1.54, 1.807) is 0 Å². The molecular formula is C6H8BrNO2. The Morgan fingerprint density at radius 3 is 2.90 bits per heavy atom. The van der Waals surface area contributed by atoms with Gasteiger partial charge in [0.25, 0.3) is 0 Å². The molecule has 1 aromatic heterocycles. The van der Waals surface area contributed by atoms with Crippen molar-refractivity contribution in [2.75, 3.05) is 0 Å². The summed E-state index contributed by atoms with van der Waals surface area (Å²) in [5, 5.41) is 0. The number of nitrogens with two attached hydrogens (primary N) is 1. The van der Waals surface area contributed by atoms with E-state index in [1.165, 1.54) is 0 Å². The summed E-state index contributed by atoms with van der Waals surface area (Å²) in [6.45, 7) is 2.25. The lowest BCUT2D eigenvalue weighted by molar-refractivity contribution is 0.107. The Morgan fingerprint density at radius 1 is 1.80 bits per heavy atom. The van der Waals surface area contributed by atoms with Crippen LogP contribution in [-0.4, -0.2) is 0 Å². The molecule has 0 spiro atoms. The van der Waals surface area contributed by atoms with Gasteiger partial charge in [-0.1, -0.05) is 0 Å². The van der Waals surface area contributed by atoms with Crippen LogP contribution in [0.2, 0.25) is 0 Å². The zero-order chi connectivity index (χ0) is 7.56. The molecule has 0 bridgehead atoms. The van der Waals surface area contributed by atoms with Gasteiger partial charge < -0.3 is 4.42 Å². The SMILES string of the molecule is Cc1cc(Br)oc1CON. The maximum atomic E-state index is 5.17. The average molecular weight is 206 g/mol. The Morgan fingerprint density at radius 2 is 2.50 bits per heavy atom. The fourth-order valence-corrected chi connectivity index (χ4v) is 1.24. The van der Waals surface area contributed by atoms with E-state index in [0.29, 0.717) is 11.3 Å². The molecule has 0 aliphatic rings. The first-order valence-electron chi connectivity index (χ1n) is 2.80. The first kappa shape index (κ1) is 7.78. The first-order chi connectivity index (χ1) is 4.74. The number of halogens is 1. The van der Waals surface area contributed by atoms with Gasteiger partial charge in [0.2, 0.25) is 0 Å². The molecule has 4 heteroatoms. The summed E-state index contributed by atoms with van der Waals surface area (Å²) in [6.07, 6.45) is 0. The molecule has 3 nitrogen and oxygen atoms in total. The average Bonchev–Trinajstić information content (AvgIpc) is 2.13. The fraction of sp³-hybridized carbons (Fsp3) is 0.333. The summed E-state index contributed by atoms with van der Waals surface area (Å²) < 4.78 is 5.87. The van der Waals surface area contributed by atoms with Crippen LogP contribution < -0.4 is 5.90 Å². The molecule has 0 aromatic carbocycles. The number of hydrogen-bond acceptors (Lipinski definition) is 3. The molecule has 0 unspecified atom stereocenters. The van der Waals surface area contributed by atoms with Gasteiger partial charge in [0.15, 0.2) is 4.67 Å². The van der Waals surface area contributed by atoms with Gasteiger partial charge in [0.05, 0.1) is 0 Å². The van der Waals surface area contributed by atoms with Crippen LogP contribution in [0, 0.1) is 6.92 Å². The second kappa shape index (κ2) is 3.18. The largest absolute Gasteiger partial charge is 0.452 e. The van der Waals surface area contributed by atoms with Gasteiger partial charge in [-0.05, 0) is 34.5 Å². The van der Waals surface area contributed by atoms with Gasteiger partial charge in [-0.3, -0.25) is 4.84 Å². The molecule has 2 N–H and O–H groups in total. The smallest absolute Gasteiger partial charge is 0.169 e. The van der Waals surface area contributed by atoms with Gasteiger partial charge >= 0.3 is 0 Å². The predicted octanol–water partition coefficient (Wildman–Crippen LogP) is 1.74. The molecule has 0 aliphatic heterocycles. The van der Waals surface area contributed by atoms with Crippen molar-refractivity contribution in [2.24, 2.45) is 5.90 Å². The highest BCUT2D eigenvalue weighted by atomic mass is 79.9. The van der Waals surface area contributed by atoms with Gasteiger partial charge in [-0.15, -0.1) is 0 Å². The highest BCUT2D eigenvalue weighted by molar-refractivity contribution is 9.10. The van der Waals surface area contributed by atoms with E-state index < -0.39 is 0 Å². The molecule has 0 aliphatic carbocycles. The second-order valence-corrected chi connectivity index (χ2v) is 2.75. The van der Waals surface area contributed by atoms with Crippen molar-refractivity contribution >= 4 is 15.9 Å². The van der Waals surface area contributed by atoms with E-state index in [4.69, 9.17) is 10.3 Å². The minimum Gasteiger partial charge on any atom is -0.452 e. The monoisotopic (exact) mass is 205 g/mol. The van der Waals surface area contributed by atoms with E-state index in [1.807, 2.05) is 13.0 Å². The molecule has 0 fully saturated rings. The zero-order valence-corrected chi connectivity index (χ0v) is 7.14. The Bertz CT molecular complexity index is 222. The number of rotatable bonds is 2. The van der Waals surface area contributed by atoms with E-state index in [-0.39, 0.29) is 0 Å². The topological polar surface area (TPSA) is 48.4 Å². The Hall–Kier alpha value is -0.320. The van der Waals surface area contributed by atoms with Crippen molar-refractivity contribution in [3.8, 4) is 0 Å². The quantitative estimate of drug-likeness (QED) is 0.749. The third-order valence-electron chi connectivity index (χ3n) is 1.20. The third kappa shape index (κ3) is 1.59. The third-order valence-corrected chi connectivity index (χ3v) is 1.60. The van der Waals surface area contributed by atoms with E-state index in [0.717, 1.165) is 11.3 Å². The Balaban J connectivity index is 2.81. The van der Waals surface area contributed by atoms with Crippen molar-refractivity contribution in [1.82, 2.24) is 0 Å². The minimum absolute atomic E-state index is 0.317. The van der Waals surface area contributed by atoms with Gasteiger partial charge in [-0.2, -0.15) is 0 Å². The number of hydrogen-bond donors (Lipinski definition) is 1.